The Morgan fingerprint density at radius 1 is 1.15 bits per heavy atom. The normalized spacial score (nSPS) is 12.3. The Morgan fingerprint density at radius 2 is 1.77 bits per heavy atom. The minimum atomic E-state index is -3.38. The van der Waals surface area contributed by atoms with Gasteiger partial charge in [0.25, 0.3) is 5.91 Å². The van der Waals surface area contributed by atoms with Gasteiger partial charge in [0.2, 0.25) is 10.0 Å². The Labute approximate surface area is 150 Å². The van der Waals surface area contributed by atoms with E-state index in [0.717, 1.165) is 22.7 Å². The summed E-state index contributed by atoms with van der Waals surface area (Å²) in [6, 6.07) is 8.89. The minimum Gasteiger partial charge on any atom is -0.481 e. The minimum absolute atomic E-state index is 0.156. The van der Waals surface area contributed by atoms with E-state index in [-0.39, 0.29) is 5.69 Å². The molecular weight excluding hydrogens is 366 g/mol. The average Bonchev–Trinajstić information content (AvgIpc) is 2.56. The highest BCUT2D eigenvalue weighted by molar-refractivity contribution is 7.92. The fourth-order valence-corrected chi connectivity index (χ4v) is 2.51. The fourth-order valence-electron chi connectivity index (χ4n) is 2.01. The van der Waals surface area contributed by atoms with Crippen molar-refractivity contribution >= 4 is 27.3 Å². The van der Waals surface area contributed by atoms with Crippen LogP contribution in [0.1, 0.15) is 6.92 Å². The van der Waals surface area contributed by atoms with Crippen LogP contribution in [0.2, 0.25) is 0 Å². The first kappa shape index (κ1) is 19.6. The Hall–Kier alpha value is -2.68. The van der Waals surface area contributed by atoms with Crippen LogP contribution in [0.5, 0.6) is 5.75 Å². The molecule has 2 rings (SSSR count). The second-order valence-electron chi connectivity index (χ2n) is 5.60. The molecule has 6 nitrogen and oxygen atoms in total. The maximum Gasteiger partial charge on any atom is 0.265 e. The van der Waals surface area contributed by atoms with Gasteiger partial charge in [-0.05, 0) is 43.3 Å². The van der Waals surface area contributed by atoms with Crippen LogP contribution in [0.25, 0.3) is 0 Å². The standard InChI is InChI=1S/C17H18F2N2O4S/c1-11(17(22)20-16-9-4-12(18)10-15(16)19)25-14-7-5-13(6-8-14)21(2)26(3,23)24/h4-11H,1-3H3,(H,20,22). The zero-order valence-corrected chi connectivity index (χ0v) is 15.2. The molecule has 2 aromatic rings. The predicted molar refractivity (Wildman–Crippen MR) is 94.8 cm³/mol. The third-order valence-corrected chi connectivity index (χ3v) is 4.77. The van der Waals surface area contributed by atoms with Gasteiger partial charge in [-0.15, -0.1) is 0 Å². The van der Waals surface area contributed by atoms with E-state index in [1.165, 1.54) is 38.2 Å². The second-order valence-corrected chi connectivity index (χ2v) is 7.61. The summed E-state index contributed by atoms with van der Waals surface area (Å²) < 4.78 is 56.0. The van der Waals surface area contributed by atoms with E-state index in [4.69, 9.17) is 4.74 Å². The number of halogens is 2. The molecular formula is C17H18F2N2O4S. The first-order chi connectivity index (χ1) is 12.1. The quantitative estimate of drug-likeness (QED) is 0.831. The number of nitrogens with one attached hydrogen (secondary N) is 1. The van der Waals surface area contributed by atoms with Gasteiger partial charge in [-0.2, -0.15) is 0 Å². The Bertz CT molecular complexity index is 901. The maximum absolute atomic E-state index is 13.6. The molecule has 1 atom stereocenters. The van der Waals surface area contributed by atoms with Crippen molar-refractivity contribution in [1.82, 2.24) is 0 Å². The van der Waals surface area contributed by atoms with Gasteiger partial charge < -0.3 is 10.1 Å². The Kier molecular flexibility index (Phi) is 5.81. The van der Waals surface area contributed by atoms with E-state index < -0.39 is 33.7 Å². The Morgan fingerprint density at radius 3 is 2.31 bits per heavy atom. The van der Waals surface area contributed by atoms with Crippen LogP contribution in [0, 0.1) is 11.6 Å². The zero-order chi connectivity index (χ0) is 19.5. The van der Waals surface area contributed by atoms with Gasteiger partial charge in [-0.1, -0.05) is 0 Å². The molecule has 0 saturated heterocycles. The number of hydrogen-bond donors (Lipinski definition) is 1. The molecule has 0 aliphatic carbocycles. The molecule has 0 fully saturated rings. The van der Waals surface area contributed by atoms with E-state index in [9.17, 15) is 22.0 Å². The SMILES string of the molecule is CC(Oc1ccc(N(C)S(C)(=O)=O)cc1)C(=O)Nc1ccc(F)cc1F. The second kappa shape index (κ2) is 7.69. The van der Waals surface area contributed by atoms with Gasteiger partial charge in [0.1, 0.15) is 17.4 Å². The van der Waals surface area contributed by atoms with Crippen LogP contribution in [-0.2, 0) is 14.8 Å². The van der Waals surface area contributed by atoms with Crippen molar-refractivity contribution in [1.29, 1.82) is 0 Å². The number of sulfonamides is 1. The summed E-state index contributed by atoms with van der Waals surface area (Å²) in [4.78, 5) is 12.1. The van der Waals surface area contributed by atoms with Crippen molar-refractivity contribution in [3.05, 3.63) is 54.1 Å². The third kappa shape index (κ3) is 4.92. The summed E-state index contributed by atoms with van der Waals surface area (Å²) in [5.41, 5.74) is 0.280. The van der Waals surface area contributed by atoms with E-state index >= 15 is 0 Å². The number of benzene rings is 2. The number of carbonyl (C=O) groups is 1. The van der Waals surface area contributed by atoms with Crippen molar-refractivity contribution < 1.29 is 26.7 Å². The maximum atomic E-state index is 13.6. The van der Waals surface area contributed by atoms with Crippen LogP contribution in [-0.4, -0.2) is 33.7 Å². The topological polar surface area (TPSA) is 75.7 Å². The largest absolute Gasteiger partial charge is 0.481 e. The summed E-state index contributed by atoms with van der Waals surface area (Å²) >= 11 is 0. The van der Waals surface area contributed by atoms with Crippen molar-refractivity contribution in [3.63, 3.8) is 0 Å². The number of amides is 1. The van der Waals surface area contributed by atoms with E-state index in [1.807, 2.05) is 0 Å². The van der Waals surface area contributed by atoms with Gasteiger partial charge in [0, 0.05) is 13.1 Å². The smallest absolute Gasteiger partial charge is 0.265 e. The lowest BCUT2D eigenvalue weighted by molar-refractivity contribution is -0.122. The molecule has 1 amide bonds. The highest BCUT2D eigenvalue weighted by atomic mass is 32.2. The van der Waals surface area contributed by atoms with Gasteiger partial charge in [-0.25, -0.2) is 17.2 Å². The summed E-state index contributed by atoms with van der Waals surface area (Å²) in [6.07, 6.45) is 0.122. The molecule has 9 heteroatoms. The molecule has 0 aromatic heterocycles. The summed E-state index contributed by atoms with van der Waals surface area (Å²) in [6.45, 7) is 1.47. The highest BCUT2D eigenvalue weighted by Gasteiger charge is 2.17. The molecule has 1 unspecified atom stereocenters. The monoisotopic (exact) mass is 384 g/mol. The summed E-state index contributed by atoms with van der Waals surface area (Å²) in [7, 11) is -1.97. The molecule has 0 aliphatic heterocycles. The van der Waals surface area contributed by atoms with Crippen LogP contribution in [0.4, 0.5) is 20.2 Å². The lowest BCUT2D eigenvalue weighted by Crippen LogP contribution is -2.30. The first-order valence-electron chi connectivity index (χ1n) is 7.54. The molecule has 0 heterocycles. The zero-order valence-electron chi connectivity index (χ0n) is 14.4. The average molecular weight is 384 g/mol. The van der Waals surface area contributed by atoms with Crippen LogP contribution in [0.15, 0.2) is 42.5 Å². The first-order valence-corrected chi connectivity index (χ1v) is 9.39. The molecule has 1 N–H and O–H groups in total. The predicted octanol–water partition coefficient (Wildman–Crippen LogP) is 2.77. The van der Waals surface area contributed by atoms with Crippen molar-refractivity contribution in [2.75, 3.05) is 22.9 Å². The number of nitrogens with zero attached hydrogens (tertiary/aromatic N) is 1. The van der Waals surface area contributed by atoms with E-state index in [1.54, 1.807) is 0 Å². The molecule has 140 valence electrons. The third-order valence-electron chi connectivity index (χ3n) is 3.57. The number of anilines is 2. The van der Waals surface area contributed by atoms with Gasteiger partial charge in [0.15, 0.2) is 6.10 Å². The lowest BCUT2D eigenvalue weighted by atomic mass is 10.2. The van der Waals surface area contributed by atoms with E-state index in [2.05, 4.69) is 5.32 Å². The molecule has 2 aromatic carbocycles. The molecule has 0 spiro atoms. The summed E-state index contributed by atoms with van der Waals surface area (Å²) in [5, 5.41) is 2.31. The molecule has 26 heavy (non-hydrogen) atoms. The van der Waals surface area contributed by atoms with Crippen LogP contribution < -0.4 is 14.4 Å². The van der Waals surface area contributed by atoms with E-state index in [0.29, 0.717) is 17.5 Å². The van der Waals surface area contributed by atoms with Gasteiger partial charge in [-0.3, -0.25) is 9.10 Å². The lowest BCUT2D eigenvalue weighted by Gasteiger charge is -2.18. The molecule has 0 bridgehead atoms. The van der Waals surface area contributed by atoms with Crippen LogP contribution >= 0.6 is 0 Å². The number of ether oxygens (including phenoxy) is 1. The van der Waals surface area contributed by atoms with Crippen molar-refractivity contribution in [3.8, 4) is 5.75 Å². The molecule has 0 aliphatic rings. The van der Waals surface area contributed by atoms with Gasteiger partial charge in [0.05, 0.1) is 17.6 Å². The number of rotatable bonds is 6. The molecule has 0 radical (unpaired) electrons. The van der Waals surface area contributed by atoms with Crippen molar-refractivity contribution in [2.24, 2.45) is 0 Å². The highest BCUT2D eigenvalue weighted by Crippen LogP contribution is 2.21. The molecule has 0 saturated carbocycles. The number of carbonyl (C=O) groups excluding carboxylic acids is 1. The van der Waals surface area contributed by atoms with Gasteiger partial charge >= 0.3 is 0 Å². The van der Waals surface area contributed by atoms with Crippen molar-refractivity contribution in [2.45, 2.75) is 13.0 Å². The summed E-state index contributed by atoms with van der Waals surface area (Å²) in [5.74, 6) is -1.92. The Balaban J connectivity index is 2.02. The van der Waals surface area contributed by atoms with Crippen LogP contribution in [0.3, 0.4) is 0 Å². The fraction of sp³-hybridized carbons (Fsp3) is 0.235. The number of hydrogen-bond acceptors (Lipinski definition) is 4.